The Hall–Kier alpha value is -4.31. The quantitative estimate of drug-likeness (QED) is 0.143. The second kappa shape index (κ2) is 12.2. The molecular weight excluding hydrogens is 474 g/mol. The van der Waals surface area contributed by atoms with E-state index in [9.17, 15) is 14.9 Å². The number of carbonyl (C=O) groups is 1. The summed E-state index contributed by atoms with van der Waals surface area (Å²) >= 11 is 0. The number of rotatable bonds is 10. The number of carbonyl (C=O) groups excluding carboxylic acids is 1. The Balaban J connectivity index is 0.00000432. The highest BCUT2D eigenvalue weighted by atomic mass is 35.5. The first-order valence-corrected chi connectivity index (χ1v) is 10.3. The molecule has 0 saturated heterocycles. The van der Waals surface area contributed by atoms with Crippen LogP contribution in [0.4, 0.5) is 11.4 Å². The van der Waals surface area contributed by atoms with Gasteiger partial charge in [0.25, 0.3) is 5.69 Å². The van der Waals surface area contributed by atoms with E-state index in [0.717, 1.165) is 5.56 Å². The van der Waals surface area contributed by atoms with Crippen molar-refractivity contribution >= 4 is 35.5 Å². The van der Waals surface area contributed by atoms with E-state index in [1.54, 1.807) is 24.3 Å². The normalized spacial score (nSPS) is 10.9. The number of nitro benzene ring substituents is 1. The van der Waals surface area contributed by atoms with E-state index in [-0.39, 0.29) is 47.5 Å². The molecule has 1 atom stereocenters. The van der Waals surface area contributed by atoms with Crippen LogP contribution in [0.1, 0.15) is 22.7 Å². The van der Waals surface area contributed by atoms with Crippen molar-refractivity contribution < 1.29 is 19.2 Å². The van der Waals surface area contributed by atoms with Gasteiger partial charge in [0, 0.05) is 17.8 Å². The van der Waals surface area contributed by atoms with E-state index < -0.39 is 16.9 Å². The number of nitro groups is 1. The van der Waals surface area contributed by atoms with Crippen molar-refractivity contribution in [2.24, 2.45) is 5.73 Å². The molecule has 3 rings (SSSR count). The van der Waals surface area contributed by atoms with E-state index in [0.29, 0.717) is 11.3 Å². The Morgan fingerprint density at radius 3 is 2.20 bits per heavy atom. The molecule has 0 heterocycles. The lowest BCUT2D eigenvalue weighted by Crippen LogP contribution is -2.33. The van der Waals surface area contributed by atoms with Gasteiger partial charge in [-0.2, -0.15) is 0 Å². The molecule has 10 nitrogen and oxygen atoms in total. The molecule has 35 heavy (non-hydrogen) atoms. The fourth-order valence-electron chi connectivity index (χ4n) is 3.36. The van der Waals surface area contributed by atoms with Crippen molar-refractivity contribution in [2.45, 2.75) is 12.6 Å². The maximum absolute atomic E-state index is 13.3. The first-order chi connectivity index (χ1) is 16.3. The van der Waals surface area contributed by atoms with Crippen LogP contribution in [0.2, 0.25) is 0 Å². The summed E-state index contributed by atoms with van der Waals surface area (Å²) in [5, 5.41) is 25.3. The summed E-state index contributed by atoms with van der Waals surface area (Å²) < 4.78 is 10.5. The highest BCUT2D eigenvalue weighted by molar-refractivity contribution is 5.95. The average molecular weight is 500 g/mol. The van der Waals surface area contributed by atoms with Gasteiger partial charge >= 0.3 is 0 Å². The van der Waals surface area contributed by atoms with Crippen LogP contribution in [-0.4, -0.2) is 30.9 Å². The van der Waals surface area contributed by atoms with Gasteiger partial charge in [0.1, 0.15) is 11.9 Å². The Kier molecular flexibility index (Phi) is 9.42. The molecule has 0 aliphatic carbocycles. The van der Waals surface area contributed by atoms with Crippen molar-refractivity contribution in [1.29, 1.82) is 5.41 Å². The first kappa shape index (κ1) is 26.9. The SMILES string of the molecule is COc1cc([C@H](Nc2ccc(C(=N)N)cc2)C(=O)NCc2ccccc2)c([N+](=O)[O-])cc1OC.Cl. The van der Waals surface area contributed by atoms with Crippen LogP contribution in [-0.2, 0) is 11.3 Å². The number of methoxy groups -OCH3 is 2. The van der Waals surface area contributed by atoms with Crippen LogP contribution in [0.25, 0.3) is 0 Å². The van der Waals surface area contributed by atoms with Crippen LogP contribution < -0.4 is 25.8 Å². The molecule has 184 valence electrons. The monoisotopic (exact) mass is 499 g/mol. The second-order valence-electron chi connectivity index (χ2n) is 7.29. The second-order valence-corrected chi connectivity index (χ2v) is 7.29. The lowest BCUT2D eigenvalue weighted by molar-refractivity contribution is -0.385. The first-order valence-electron chi connectivity index (χ1n) is 10.3. The third-order valence-corrected chi connectivity index (χ3v) is 5.12. The van der Waals surface area contributed by atoms with Crippen LogP contribution in [0.3, 0.4) is 0 Å². The molecule has 0 spiro atoms. The number of anilines is 1. The Morgan fingerprint density at radius 2 is 1.66 bits per heavy atom. The highest BCUT2D eigenvalue weighted by Gasteiger charge is 2.30. The summed E-state index contributed by atoms with van der Waals surface area (Å²) in [5.41, 5.74) is 7.20. The number of amidine groups is 1. The number of halogens is 1. The minimum Gasteiger partial charge on any atom is -0.493 e. The zero-order valence-electron chi connectivity index (χ0n) is 19.1. The molecule has 0 saturated carbocycles. The Morgan fingerprint density at radius 1 is 1.06 bits per heavy atom. The highest BCUT2D eigenvalue weighted by Crippen LogP contribution is 2.38. The van der Waals surface area contributed by atoms with E-state index >= 15 is 0 Å². The van der Waals surface area contributed by atoms with Crippen molar-refractivity contribution in [3.05, 3.63) is 93.5 Å². The Bertz CT molecular complexity index is 1190. The smallest absolute Gasteiger partial charge is 0.279 e. The summed E-state index contributed by atoms with van der Waals surface area (Å²) in [6.45, 7) is 0.238. The summed E-state index contributed by atoms with van der Waals surface area (Å²) in [5.74, 6) is -0.154. The number of nitrogens with two attached hydrogens (primary N) is 1. The lowest BCUT2D eigenvalue weighted by atomic mass is 10.0. The van der Waals surface area contributed by atoms with Gasteiger partial charge in [-0.15, -0.1) is 12.4 Å². The molecule has 3 aromatic carbocycles. The molecule has 0 aromatic heterocycles. The molecule has 0 bridgehead atoms. The third-order valence-electron chi connectivity index (χ3n) is 5.12. The van der Waals surface area contributed by atoms with Gasteiger partial charge in [-0.25, -0.2) is 0 Å². The number of benzene rings is 3. The maximum atomic E-state index is 13.3. The number of ether oxygens (including phenoxy) is 2. The van der Waals surface area contributed by atoms with Gasteiger partial charge in [0.05, 0.1) is 30.8 Å². The number of nitrogen functional groups attached to an aromatic ring is 1. The van der Waals surface area contributed by atoms with E-state index in [4.69, 9.17) is 20.6 Å². The number of amides is 1. The van der Waals surface area contributed by atoms with Gasteiger partial charge < -0.3 is 25.8 Å². The zero-order valence-corrected chi connectivity index (χ0v) is 19.9. The summed E-state index contributed by atoms with van der Waals surface area (Å²) in [7, 11) is 2.78. The van der Waals surface area contributed by atoms with Crippen LogP contribution in [0.15, 0.2) is 66.7 Å². The average Bonchev–Trinajstić information content (AvgIpc) is 2.85. The molecule has 11 heteroatoms. The predicted octanol–water partition coefficient (Wildman–Crippen LogP) is 3.79. The molecule has 0 radical (unpaired) electrons. The fraction of sp³-hybridized carbons (Fsp3) is 0.167. The lowest BCUT2D eigenvalue weighted by Gasteiger charge is -2.21. The minimum absolute atomic E-state index is 0. The minimum atomic E-state index is -1.13. The third kappa shape index (κ3) is 6.61. The molecule has 0 aliphatic heterocycles. The fourth-order valence-corrected chi connectivity index (χ4v) is 3.36. The largest absolute Gasteiger partial charge is 0.493 e. The van der Waals surface area contributed by atoms with Crippen LogP contribution in [0, 0.1) is 15.5 Å². The standard InChI is InChI=1S/C24H25N5O5.ClH/c1-33-20-12-18(19(29(31)32)13-21(20)34-2)22(24(30)27-14-15-6-4-3-5-7-15)28-17-10-8-16(9-11-17)23(25)26;/h3-13,22,28H,14H2,1-2H3,(H3,25,26)(H,27,30);1H/t22-;/m0./s1. The molecule has 5 N–H and O–H groups in total. The van der Waals surface area contributed by atoms with Crippen molar-refractivity contribution in [2.75, 3.05) is 19.5 Å². The van der Waals surface area contributed by atoms with Crippen LogP contribution in [0.5, 0.6) is 11.5 Å². The summed E-state index contributed by atoms with van der Waals surface area (Å²) in [6, 6.07) is 17.3. The predicted molar refractivity (Wildman–Crippen MR) is 136 cm³/mol. The molecule has 0 aliphatic rings. The van der Waals surface area contributed by atoms with E-state index in [2.05, 4.69) is 10.6 Å². The van der Waals surface area contributed by atoms with Gasteiger partial charge in [0.15, 0.2) is 11.5 Å². The van der Waals surface area contributed by atoms with Crippen molar-refractivity contribution in [1.82, 2.24) is 5.32 Å². The topological polar surface area (TPSA) is 153 Å². The van der Waals surface area contributed by atoms with Gasteiger partial charge in [-0.05, 0) is 35.9 Å². The molecule has 0 unspecified atom stereocenters. The Labute approximate surface area is 208 Å². The molecule has 1 amide bonds. The van der Waals surface area contributed by atoms with Gasteiger partial charge in [0.2, 0.25) is 5.91 Å². The summed E-state index contributed by atoms with van der Waals surface area (Å²) in [6.07, 6.45) is 0. The van der Waals surface area contributed by atoms with Gasteiger partial charge in [-0.1, -0.05) is 30.3 Å². The number of nitrogens with zero attached hydrogens (tertiary/aromatic N) is 1. The zero-order chi connectivity index (χ0) is 24.7. The summed E-state index contributed by atoms with van der Waals surface area (Å²) in [4.78, 5) is 24.6. The van der Waals surface area contributed by atoms with Gasteiger partial charge in [-0.3, -0.25) is 20.3 Å². The number of nitrogens with one attached hydrogen (secondary N) is 3. The molecule has 0 fully saturated rings. The van der Waals surface area contributed by atoms with E-state index in [1.165, 1.54) is 26.4 Å². The van der Waals surface area contributed by atoms with Crippen molar-refractivity contribution in [3.63, 3.8) is 0 Å². The van der Waals surface area contributed by atoms with Crippen LogP contribution >= 0.6 is 12.4 Å². The van der Waals surface area contributed by atoms with Crippen molar-refractivity contribution in [3.8, 4) is 11.5 Å². The maximum Gasteiger partial charge on any atom is 0.279 e. The number of hydrogen-bond donors (Lipinski definition) is 4. The molecular formula is C24H26ClN5O5. The molecule has 3 aromatic rings. The number of hydrogen-bond acceptors (Lipinski definition) is 7. The van der Waals surface area contributed by atoms with E-state index in [1.807, 2.05) is 30.3 Å².